The van der Waals surface area contributed by atoms with E-state index in [2.05, 4.69) is 22.7 Å². The van der Waals surface area contributed by atoms with Crippen LogP contribution >= 0.6 is 23.8 Å². The molecule has 0 fully saturated rings. The first kappa shape index (κ1) is 13.6. The molecule has 0 saturated heterocycles. The maximum Gasteiger partial charge on any atom is 0.184 e. The lowest BCUT2D eigenvalue weighted by Crippen LogP contribution is -2.23. The van der Waals surface area contributed by atoms with Crippen LogP contribution in [0.5, 0.6) is 0 Å². The van der Waals surface area contributed by atoms with E-state index in [1.165, 1.54) is 6.21 Å². The highest BCUT2D eigenvalue weighted by Gasteiger charge is 2.08. The summed E-state index contributed by atoms with van der Waals surface area (Å²) in [5.41, 5.74) is 9.64. The molecule has 0 amide bonds. The van der Waals surface area contributed by atoms with Crippen molar-refractivity contribution >= 4 is 35.1 Å². The van der Waals surface area contributed by atoms with E-state index in [1.807, 2.05) is 31.2 Å². The van der Waals surface area contributed by atoms with Gasteiger partial charge in [-0.25, -0.2) is 0 Å². The van der Waals surface area contributed by atoms with E-state index in [0.717, 1.165) is 16.9 Å². The maximum absolute atomic E-state index is 6.08. The minimum absolute atomic E-state index is 0.105. The summed E-state index contributed by atoms with van der Waals surface area (Å²) in [7, 11) is 0. The fourth-order valence-corrected chi connectivity index (χ4v) is 1.83. The summed E-state index contributed by atoms with van der Waals surface area (Å²) in [6.45, 7) is 1.95. The largest absolute Gasteiger partial charge is 0.455 e. The van der Waals surface area contributed by atoms with Gasteiger partial charge in [0.05, 0.1) is 6.21 Å². The first-order chi connectivity index (χ1) is 9.08. The van der Waals surface area contributed by atoms with Gasteiger partial charge in [-0.15, -0.1) is 0 Å². The normalized spacial score (nSPS) is 10.8. The molecule has 0 spiro atoms. The standard InChI is InChI=1S/C13H12ClN3OS/c1-8-10(3-2-4-11(8)14)12-6-5-9(18-12)7-16-17-13(15)19/h2-7H,1H3,(H3,15,17,19). The Bertz CT molecular complexity index is 637. The number of benzene rings is 1. The molecule has 0 aliphatic rings. The van der Waals surface area contributed by atoms with Crippen LogP contribution < -0.4 is 11.2 Å². The fourth-order valence-electron chi connectivity index (χ4n) is 1.60. The van der Waals surface area contributed by atoms with Crippen LogP contribution in [0.2, 0.25) is 5.02 Å². The molecule has 1 aromatic carbocycles. The predicted molar refractivity (Wildman–Crippen MR) is 81.4 cm³/mol. The average molecular weight is 294 g/mol. The molecule has 19 heavy (non-hydrogen) atoms. The monoisotopic (exact) mass is 293 g/mol. The molecule has 0 unspecified atom stereocenters. The third kappa shape index (κ3) is 3.33. The molecule has 0 atom stereocenters. The van der Waals surface area contributed by atoms with Crippen molar-refractivity contribution in [2.45, 2.75) is 6.92 Å². The number of hydrazone groups is 1. The van der Waals surface area contributed by atoms with Crippen molar-refractivity contribution in [3.8, 4) is 11.3 Å². The summed E-state index contributed by atoms with van der Waals surface area (Å²) in [4.78, 5) is 0. The van der Waals surface area contributed by atoms with Gasteiger partial charge in [0.2, 0.25) is 0 Å². The average Bonchev–Trinajstić information content (AvgIpc) is 2.81. The number of hydrogen-bond acceptors (Lipinski definition) is 3. The summed E-state index contributed by atoms with van der Waals surface area (Å²) in [6, 6.07) is 9.35. The minimum atomic E-state index is 0.105. The van der Waals surface area contributed by atoms with Gasteiger partial charge >= 0.3 is 0 Å². The first-order valence-electron chi connectivity index (χ1n) is 5.52. The van der Waals surface area contributed by atoms with Crippen LogP contribution in [0, 0.1) is 6.92 Å². The highest BCUT2D eigenvalue weighted by atomic mass is 35.5. The molecule has 98 valence electrons. The lowest BCUT2D eigenvalue weighted by Gasteiger charge is -2.03. The molecular weight excluding hydrogens is 282 g/mol. The maximum atomic E-state index is 6.08. The number of nitrogens with zero attached hydrogens (tertiary/aromatic N) is 1. The lowest BCUT2D eigenvalue weighted by atomic mass is 10.1. The van der Waals surface area contributed by atoms with E-state index in [1.54, 1.807) is 6.07 Å². The zero-order valence-electron chi connectivity index (χ0n) is 10.2. The van der Waals surface area contributed by atoms with Crippen LogP contribution in [0.15, 0.2) is 39.9 Å². The van der Waals surface area contributed by atoms with E-state index >= 15 is 0 Å². The Hall–Kier alpha value is -1.85. The Kier molecular flexibility index (Phi) is 4.19. The van der Waals surface area contributed by atoms with Crippen molar-refractivity contribution in [3.05, 3.63) is 46.7 Å². The second-order valence-electron chi connectivity index (χ2n) is 3.85. The number of nitrogens with one attached hydrogen (secondary N) is 1. The van der Waals surface area contributed by atoms with Gasteiger partial charge in [-0.3, -0.25) is 5.43 Å². The van der Waals surface area contributed by atoms with Crippen molar-refractivity contribution in [1.29, 1.82) is 0 Å². The number of furan rings is 1. The van der Waals surface area contributed by atoms with Gasteiger partial charge in [0.15, 0.2) is 5.11 Å². The zero-order valence-corrected chi connectivity index (χ0v) is 11.8. The van der Waals surface area contributed by atoms with Crippen LogP contribution in [0.3, 0.4) is 0 Å². The lowest BCUT2D eigenvalue weighted by molar-refractivity contribution is 0.574. The summed E-state index contributed by atoms with van der Waals surface area (Å²) < 4.78 is 5.66. The molecule has 1 heterocycles. The number of thiocarbonyl (C=S) groups is 1. The zero-order chi connectivity index (χ0) is 13.8. The van der Waals surface area contributed by atoms with Gasteiger partial charge in [-0.1, -0.05) is 23.7 Å². The van der Waals surface area contributed by atoms with Gasteiger partial charge in [0.1, 0.15) is 11.5 Å². The van der Waals surface area contributed by atoms with Crippen molar-refractivity contribution in [2.75, 3.05) is 0 Å². The van der Waals surface area contributed by atoms with Gasteiger partial charge in [0, 0.05) is 10.6 Å². The van der Waals surface area contributed by atoms with Gasteiger partial charge in [0.25, 0.3) is 0 Å². The second kappa shape index (κ2) is 5.86. The molecule has 0 aliphatic carbocycles. The highest BCUT2D eigenvalue weighted by molar-refractivity contribution is 7.80. The Labute approximate surface area is 121 Å². The summed E-state index contributed by atoms with van der Waals surface area (Å²) >= 11 is 10.7. The van der Waals surface area contributed by atoms with Crippen LogP contribution in [0.25, 0.3) is 11.3 Å². The Morgan fingerprint density at radius 1 is 1.42 bits per heavy atom. The molecule has 0 bridgehead atoms. The summed E-state index contributed by atoms with van der Waals surface area (Å²) in [6.07, 6.45) is 1.50. The van der Waals surface area contributed by atoms with E-state index in [-0.39, 0.29) is 5.11 Å². The number of rotatable bonds is 3. The topological polar surface area (TPSA) is 63.5 Å². The molecular formula is C13H12ClN3OS. The number of halogens is 1. The van der Waals surface area contributed by atoms with E-state index in [0.29, 0.717) is 10.8 Å². The SMILES string of the molecule is Cc1c(Cl)cccc1-c1ccc(C=NNC(N)=S)o1. The van der Waals surface area contributed by atoms with Crippen LogP contribution in [0.4, 0.5) is 0 Å². The fraction of sp³-hybridized carbons (Fsp3) is 0.0769. The molecule has 0 saturated carbocycles. The quantitative estimate of drug-likeness (QED) is 0.518. The Balaban J connectivity index is 2.23. The van der Waals surface area contributed by atoms with Gasteiger partial charge in [-0.05, 0) is 42.9 Å². The molecule has 2 rings (SSSR count). The van der Waals surface area contributed by atoms with Crippen LogP contribution in [-0.4, -0.2) is 11.3 Å². The summed E-state index contributed by atoms with van der Waals surface area (Å²) in [5.74, 6) is 1.33. The third-order valence-electron chi connectivity index (χ3n) is 2.53. The second-order valence-corrected chi connectivity index (χ2v) is 4.70. The van der Waals surface area contributed by atoms with Crippen LogP contribution in [-0.2, 0) is 0 Å². The molecule has 0 radical (unpaired) electrons. The van der Waals surface area contributed by atoms with Crippen molar-refractivity contribution < 1.29 is 4.42 Å². The molecule has 6 heteroatoms. The molecule has 4 nitrogen and oxygen atoms in total. The molecule has 2 aromatic rings. The molecule has 3 N–H and O–H groups in total. The molecule has 1 aromatic heterocycles. The highest BCUT2D eigenvalue weighted by Crippen LogP contribution is 2.29. The van der Waals surface area contributed by atoms with Crippen molar-refractivity contribution in [2.24, 2.45) is 10.8 Å². The smallest absolute Gasteiger partial charge is 0.184 e. The third-order valence-corrected chi connectivity index (χ3v) is 3.03. The Morgan fingerprint density at radius 2 is 2.21 bits per heavy atom. The number of hydrogen-bond donors (Lipinski definition) is 2. The van der Waals surface area contributed by atoms with E-state index < -0.39 is 0 Å². The van der Waals surface area contributed by atoms with Gasteiger partial charge < -0.3 is 10.2 Å². The van der Waals surface area contributed by atoms with E-state index in [4.69, 9.17) is 21.8 Å². The van der Waals surface area contributed by atoms with Crippen molar-refractivity contribution in [3.63, 3.8) is 0 Å². The van der Waals surface area contributed by atoms with E-state index in [9.17, 15) is 0 Å². The predicted octanol–water partition coefficient (Wildman–Crippen LogP) is 3.08. The number of nitrogens with two attached hydrogens (primary N) is 1. The van der Waals surface area contributed by atoms with Gasteiger partial charge in [-0.2, -0.15) is 5.10 Å². The Morgan fingerprint density at radius 3 is 2.95 bits per heavy atom. The first-order valence-corrected chi connectivity index (χ1v) is 6.30. The summed E-state index contributed by atoms with van der Waals surface area (Å²) in [5, 5.41) is 4.64. The minimum Gasteiger partial charge on any atom is -0.455 e. The van der Waals surface area contributed by atoms with Crippen molar-refractivity contribution in [1.82, 2.24) is 5.43 Å². The molecule has 0 aliphatic heterocycles. The van der Waals surface area contributed by atoms with Crippen LogP contribution in [0.1, 0.15) is 11.3 Å².